The third kappa shape index (κ3) is 4.34. The van der Waals surface area contributed by atoms with Crippen LogP contribution < -0.4 is 10.6 Å². The van der Waals surface area contributed by atoms with Gasteiger partial charge in [0.25, 0.3) is 5.91 Å². The maximum atomic E-state index is 12.2. The first kappa shape index (κ1) is 16.7. The maximum absolute atomic E-state index is 12.2. The zero-order chi connectivity index (χ0) is 15.5. The molecule has 0 unspecified atom stereocenters. The molecular weight excluding hydrogens is 300 g/mol. The summed E-state index contributed by atoms with van der Waals surface area (Å²) in [6, 6.07) is 0. The Balaban J connectivity index is 2.84. The SMILES string of the molecule is CCN(C)c1nc(N)c(C(=O)N(C)CCS(C)(=O)=O)s1. The number of nitrogens with two attached hydrogens (primary N) is 1. The second-order valence-electron chi connectivity index (χ2n) is 4.58. The number of hydrogen-bond donors (Lipinski definition) is 1. The Morgan fingerprint density at radius 1 is 1.40 bits per heavy atom. The van der Waals surface area contributed by atoms with Gasteiger partial charge in [-0.15, -0.1) is 0 Å². The zero-order valence-electron chi connectivity index (χ0n) is 12.1. The minimum Gasteiger partial charge on any atom is -0.382 e. The van der Waals surface area contributed by atoms with Gasteiger partial charge in [-0.3, -0.25) is 4.79 Å². The molecule has 9 heteroatoms. The maximum Gasteiger partial charge on any atom is 0.267 e. The predicted molar refractivity (Wildman–Crippen MR) is 82.1 cm³/mol. The number of amides is 1. The normalized spacial score (nSPS) is 11.4. The van der Waals surface area contributed by atoms with Crippen molar-refractivity contribution in [3.63, 3.8) is 0 Å². The van der Waals surface area contributed by atoms with Crippen molar-refractivity contribution in [3.8, 4) is 0 Å². The number of carbonyl (C=O) groups is 1. The molecule has 7 nitrogen and oxygen atoms in total. The van der Waals surface area contributed by atoms with Gasteiger partial charge in [-0.25, -0.2) is 13.4 Å². The fourth-order valence-corrected chi connectivity index (χ4v) is 2.96. The van der Waals surface area contributed by atoms with Crippen LogP contribution in [0.2, 0.25) is 0 Å². The van der Waals surface area contributed by atoms with Crippen molar-refractivity contribution in [2.45, 2.75) is 6.92 Å². The van der Waals surface area contributed by atoms with Crippen LogP contribution in [0, 0.1) is 0 Å². The van der Waals surface area contributed by atoms with Crippen LogP contribution in [0.1, 0.15) is 16.6 Å². The van der Waals surface area contributed by atoms with E-state index in [9.17, 15) is 13.2 Å². The van der Waals surface area contributed by atoms with Gasteiger partial charge in [-0.1, -0.05) is 11.3 Å². The number of anilines is 2. The van der Waals surface area contributed by atoms with Crippen LogP contribution in [0.15, 0.2) is 0 Å². The highest BCUT2D eigenvalue weighted by molar-refractivity contribution is 7.90. The molecule has 0 fully saturated rings. The molecule has 0 saturated heterocycles. The second-order valence-corrected chi connectivity index (χ2v) is 7.82. The highest BCUT2D eigenvalue weighted by atomic mass is 32.2. The summed E-state index contributed by atoms with van der Waals surface area (Å²) in [6.07, 6.45) is 1.14. The van der Waals surface area contributed by atoms with Crippen molar-refractivity contribution in [2.75, 3.05) is 49.8 Å². The number of rotatable bonds is 6. The van der Waals surface area contributed by atoms with Crippen LogP contribution >= 0.6 is 11.3 Å². The number of nitrogen functional groups attached to an aromatic ring is 1. The first-order valence-electron chi connectivity index (χ1n) is 6.06. The largest absolute Gasteiger partial charge is 0.382 e. The van der Waals surface area contributed by atoms with Crippen LogP contribution in [-0.4, -0.2) is 63.4 Å². The Bertz CT molecular complexity index is 582. The van der Waals surface area contributed by atoms with Crippen molar-refractivity contribution in [2.24, 2.45) is 0 Å². The molecule has 0 atom stereocenters. The smallest absolute Gasteiger partial charge is 0.267 e. The number of carbonyl (C=O) groups excluding carboxylic acids is 1. The van der Waals surface area contributed by atoms with E-state index in [1.807, 2.05) is 18.9 Å². The van der Waals surface area contributed by atoms with Gasteiger partial charge in [-0.05, 0) is 6.92 Å². The van der Waals surface area contributed by atoms with Crippen molar-refractivity contribution in [1.29, 1.82) is 0 Å². The molecule has 114 valence electrons. The van der Waals surface area contributed by atoms with Crippen LogP contribution in [0.3, 0.4) is 0 Å². The van der Waals surface area contributed by atoms with Crippen molar-refractivity contribution in [3.05, 3.63) is 4.88 Å². The van der Waals surface area contributed by atoms with Gasteiger partial charge >= 0.3 is 0 Å². The molecule has 1 amide bonds. The summed E-state index contributed by atoms with van der Waals surface area (Å²) in [6.45, 7) is 2.86. The summed E-state index contributed by atoms with van der Waals surface area (Å²) in [5.41, 5.74) is 5.76. The molecule has 0 aliphatic carbocycles. The molecule has 1 aromatic heterocycles. The zero-order valence-corrected chi connectivity index (χ0v) is 13.7. The Labute approximate surface area is 123 Å². The van der Waals surface area contributed by atoms with E-state index < -0.39 is 9.84 Å². The average molecular weight is 320 g/mol. The van der Waals surface area contributed by atoms with Gasteiger partial charge in [0.1, 0.15) is 20.5 Å². The third-order valence-electron chi connectivity index (χ3n) is 2.78. The van der Waals surface area contributed by atoms with Gasteiger partial charge < -0.3 is 15.5 Å². The molecule has 0 radical (unpaired) electrons. The molecule has 0 bridgehead atoms. The molecule has 20 heavy (non-hydrogen) atoms. The average Bonchev–Trinajstić information content (AvgIpc) is 2.75. The molecule has 2 N–H and O–H groups in total. The molecular formula is C11H20N4O3S2. The van der Waals surface area contributed by atoms with E-state index in [1.54, 1.807) is 7.05 Å². The Morgan fingerprint density at radius 2 is 2.00 bits per heavy atom. The molecule has 1 heterocycles. The predicted octanol–water partition coefficient (Wildman–Crippen LogP) is 0.298. The Kier molecular flexibility index (Phi) is 5.35. The van der Waals surface area contributed by atoms with Crippen LogP contribution in [-0.2, 0) is 9.84 Å². The molecule has 0 aliphatic rings. The number of aromatic nitrogens is 1. The fraction of sp³-hybridized carbons (Fsp3) is 0.636. The lowest BCUT2D eigenvalue weighted by Gasteiger charge is -2.15. The molecule has 0 spiro atoms. The van der Waals surface area contributed by atoms with Gasteiger partial charge in [0.05, 0.1) is 5.75 Å². The van der Waals surface area contributed by atoms with E-state index in [4.69, 9.17) is 5.73 Å². The number of sulfone groups is 1. The van der Waals surface area contributed by atoms with Crippen LogP contribution in [0.4, 0.5) is 10.9 Å². The van der Waals surface area contributed by atoms with Crippen molar-refractivity contribution in [1.82, 2.24) is 9.88 Å². The summed E-state index contributed by atoms with van der Waals surface area (Å²) in [5.74, 6) is -0.198. The standard InChI is InChI=1S/C11H20N4O3S2/c1-5-14(2)11-13-9(12)8(19-11)10(16)15(3)6-7-20(4,17)18/h5-7,12H2,1-4H3. The first-order chi connectivity index (χ1) is 9.15. The minimum atomic E-state index is -3.10. The minimum absolute atomic E-state index is 0.0737. The molecule has 0 saturated carbocycles. The lowest BCUT2D eigenvalue weighted by Crippen LogP contribution is -2.31. The van der Waals surface area contributed by atoms with E-state index in [0.717, 1.165) is 12.8 Å². The monoisotopic (exact) mass is 320 g/mol. The summed E-state index contributed by atoms with van der Waals surface area (Å²) in [4.78, 5) is 19.9. The summed E-state index contributed by atoms with van der Waals surface area (Å²) in [5, 5.41) is 0.671. The summed E-state index contributed by atoms with van der Waals surface area (Å²) >= 11 is 1.21. The van der Waals surface area contributed by atoms with Crippen molar-refractivity contribution >= 4 is 38.0 Å². The third-order valence-corrected chi connectivity index (χ3v) is 4.88. The quantitative estimate of drug-likeness (QED) is 0.809. The van der Waals surface area contributed by atoms with Gasteiger partial charge in [0, 0.05) is 33.4 Å². The van der Waals surface area contributed by atoms with Gasteiger partial charge in [-0.2, -0.15) is 0 Å². The lowest BCUT2D eigenvalue weighted by atomic mass is 10.4. The first-order valence-corrected chi connectivity index (χ1v) is 8.94. The van der Waals surface area contributed by atoms with E-state index >= 15 is 0 Å². The summed E-state index contributed by atoms with van der Waals surface area (Å²) in [7, 11) is 0.310. The summed E-state index contributed by atoms with van der Waals surface area (Å²) < 4.78 is 22.2. The van der Waals surface area contributed by atoms with Crippen LogP contribution in [0.5, 0.6) is 0 Å². The Morgan fingerprint density at radius 3 is 2.50 bits per heavy atom. The lowest BCUT2D eigenvalue weighted by molar-refractivity contribution is 0.0809. The molecule has 1 rings (SSSR count). The van der Waals surface area contributed by atoms with Crippen LogP contribution in [0.25, 0.3) is 0 Å². The fourth-order valence-electron chi connectivity index (χ4n) is 1.35. The van der Waals surface area contributed by atoms with E-state index in [2.05, 4.69) is 4.98 Å². The number of nitrogens with zero attached hydrogens (tertiary/aromatic N) is 3. The van der Waals surface area contributed by atoms with Crippen molar-refractivity contribution < 1.29 is 13.2 Å². The number of hydrogen-bond acceptors (Lipinski definition) is 7. The molecule has 1 aromatic rings. The topological polar surface area (TPSA) is 96.6 Å². The van der Waals surface area contributed by atoms with E-state index in [-0.39, 0.29) is 24.0 Å². The van der Waals surface area contributed by atoms with Gasteiger partial charge in [0.15, 0.2) is 5.13 Å². The second kappa shape index (κ2) is 6.40. The van der Waals surface area contributed by atoms with Gasteiger partial charge in [0.2, 0.25) is 0 Å². The molecule has 0 aliphatic heterocycles. The number of thiazole rings is 1. The van der Waals surface area contributed by atoms with E-state index in [1.165, 1.54) is 16.2 Å². The highest BCUT2D eigenvalue weighted by Crippen LogP contribution is 2.28. The van der Waals surface area contributed by atoms with E-state index in [0.29, 0.717) is 10.0 Å². The molecule has 0 aromatic carbocycles. The highest BCUT2D eigenvalue weighted by Gasteiger charge is 2.21. The Hall–Kier alpha value is -1.35.